The highest BCUT2D eigenvalue weighted by Crippen LogP contribution is 2.41. The van der Waals surface area contributed by atoms with Crippen molar-refractivity contribution in [2.45, 2.75) is 52.4 Å². The van der Waals surface area contributed by atoms with Crippen molar-refractivity contribution in [3.63, 3.8) is 0 Å². The van der Waals surface area contributed by atoms with Gasteiger partial charge in [-0.2, -0.15) is 0 Å². The van der Waals surface area contributed by atoms with Crippen molar-refractivity contribution < 1.29 is 0 Å². The molecule has 1 aliphatic carbocycles. The fourth-order valence-electron chi connectivity index (χ4n) is 4.04. The molecule has 3 rings (SSSR count). The van der Waals surface area contributed by atoms with Crippen molar-refractivity contribution in [3.05, 3.63) is 34.5 Å². The molecule has 0 bridgehead atoms. The highest BCUT2D eigenvalue weighted by molar-refractivity contribution is 5.88. The Labute approximate surface area is 121 Å². The van der Waals surface area contributed by atoms with Crippen LogP contribution in [0.3, 0.4) is 0 Å². The van der Waals surface area contributed by atoms with E-state index in [4.69, 9.17) is 5.73 Å². The normalized spacial score (nSPS) is 18.0. The molecule has 1 unspecified atom stereocenters. The third-order valence-corrected chi connectivity index (χ3v) is 5.34. The first-order valence-electron chi connectivity index (χ1n) is 7.92. The van der Waals surface area contributed by atoms with Crippen LogP contribution in [-0.4, -0.2) is 11.5 Å². The molecule has 1 aliphatic rings. The molecule has 3 N–H and O–H groups in total. The highest BCUT2D eigenvalue weighted by atomic mass is 14.7. The quantitative estimate of drug-likeness (QED) is 0.856. The Morgan fingerprint density at radius 3 is 2.55 bits per heavy atom. The van der Waals surface area contributed by atoms with Gasteiger partial charge in [0.2, 0.25) is 0 Å². The molecule has 0 spiro atoms. The lowest BCUT2D eigenvalue weighted by Crippen LogP contribution is -2.20. The minimum Gasteiger partial charge on any atom is -0.358 e. The Morgan fingerprint density at radius 2 is 1.90 bits per heavy atom. The van der Waals surface area contributed by atoms with Gasteiger partial charge in [0, 0.05) is 22.5 Å². The maximum atomic E-state index is 6.16. The summed E-state index contributed by atoms with van der Waals surface area (Å²) in [4.78, 5) is 3.62. The van der Waals surface area contributed by atoms with E-state index in [2.05, 4.69) is 37.9 Å². The molecule has 0 aliphatic heterocycles. The van der Waals surface area contributed by atoms with Crippen LogP contribution >= 0.6 is 0 Å². The lowest BCUT2D eigenvalue weighted by Gasteiger charge is -2.22. The summed E-state index contributed by atoms with van der Waals surface area (Å²) >= 11 is 0. The minimum absolute atomic E-state index is 0.522. The average Bonchev–Trinajstić information content (AvgIpc) is 3.05. The number of H-pyrrole nitrogens is 1. The molecule has 2 nitrogen and oxygen atoms in total. The molecule has 20 heavy (non-hydrogen) atoms. The van der Waals surface area contributed by atoms with Gasteiger partial charge in [0.1, 0.15) is 0 Å². The lowest BCUT2D eigenvalue weighted by molar-refractivity contribution is 0.441. The molecule has 2 heteroatoms. The van der Waals surface area contributed by atoms with Crippen LogP contribution in [0.4, 0.5) is 0 Å². The number of nitrogens with two attached hydrogens (primary N) is 1. The van der Waals surface area contributed by atoms with Crippen LogP contribution in [0.2, 0.25) is 0 Å². The topological polar surface area (TPSA) is 41.8 Å². The van der Waals surface area contributed by atoms with Gasteiger partial charge in [-0.1, -0.05) is 25.0 Å². The van der Waals surface area contributed by atoms with Crippen LogP contribution in [0.1, 0.15) is 54.0 Å². The standard InChI is InChI=1S/C18H26N2/c1-11-8-9-15-17(13(3)20-18(15)12(11)2)16(10-19)14-6-4-5-7-14/h8-9,14,16,20H,4-7,10,19H2,1-3H3. The molecule has 1 saturated carbocycles. The smallest absolute Gasteiger partial charge is 0.0491 e. The molecule has 2 aromatic rings. The number of aromatic amines is 1. The van der Waals surface area contributed by atoms with Crippen molar-refractivity contribution in [2.24, 2.45) is 11.7 Å². The van der Waals surface area contributed by atoms with Gasteiger partial charge in [0.25, 0.3) is 0 Å². The zero-order valence-corrected chi connectivity index (χ0v) is 12.9. The van der Waals surface area contributed by atoms with E-state index < -0.39 is 0 Å². The van der Waals surface area contributed by atoms with E-state index in [-0.39, 0.29) is 0 Å². The number of fused-ring (bicyclic) bond motifs is 1. The summed E-state index contributed by atoms with van der Waals surface area (Å²) in [6.45, 7) is 7.37. The van der Waals surface area contributed by atoms with Gasteiger partial charge in [-0.05, 0) is 62.8 Å². The molecule has 0 saturated heterocycles. The first-order valence-corrected chi connectivity index (χ1v) is 7.92. The monoisotopic (exact) mass is 270 g/mol. The van der Waals surface area contributed by atoms with Crippen molar-refractivity contribution >= 4 is 10.9 Å². The van der Waals surface area contributed by atoms with Crippen LogP contribution in [-0.2, 0) is 0 Å². The van der Waals surface area contributed by atoms with Gasteiger partial charge in [-0.15, -0.1) is 0 Å². The second-order valence-electron chi connectivity index (χ2n) is 6.48. The summed E-state index contributed by atoms with van der Waals surface area (Å²) in [5.41, 5.74) is 13.0. The SMILES string of the molecule is Cc1ccc2c(C(CN)C3CCCC3)c(C)[nH]c2c1C. The maximum absolute atomic E-state index is 6.16. The molecule has 1 atom stereocenters. The number of nitrogens with one attached hydrogen (secondary N) is 1. The fraction of sp³-hybridized carbons (Fsp3) is 0.556. The zero-order chi connectivity index (χ0) is 14.3. The summed E-state index contributed by atoms with van der Waals surface area (Å²) in [5, 5.41) is 1.40. The van der Waals surface area contributed by atoms with Crippen LogP contribution in [0, 0.1) is 26.7 Å². The summed E-state index contributed by atoms with van der Waals surface area (Å²) in [6.07, 6.45) is 5.44. The van der Waals surface area contributed by atoms with Gasteiger partial charge >= 0.3 is 0 Å². The Balaban J connectivity index is 2.14. The largest absolute Gasteiger partial charge is 0.358 e. The molecule has 0 amide bonds. The first-order chi connectivity index (χ1) is 9.63. The highest BCUT2D eigenvalue weighted by Gasteiger charge is 2.28. The van der Waals surface area contributed by atoms with E-state index in [1.807, 2.05) is 0 Å². The van der Waals surface area contributed by atoms with E-state index in [9.17, 15) is 0 Å². The molecule has 108 valence electrons. The van der Waals surface area contributed by atoms with E-state index in [1.165, 1.54) is 59.0 Å². The Kier molecular flexibility index (Phi) is 3.59. The number of aryl methyl sites for hydroxylation is 3. The molecule has 1 aromatic heterocycles. The van der Waals surface area contributed by atoms with E-state index in [0.717, 1.165) is 12.5 Å². The van der Waals surface area contributed by atoms with Gasteiger partial charge in [-0.3, -0.25) is 0 Å². The predicted octanol–water partition coefficient (Wildman–Crippen LogP) is 4.33. The number of benzene rings is 1. The number of aromatic nitrogens is 1. The second-order valence-corrected chi connectivity index (χ2v) is 6.48. The van der Waals surface area contributed by atoms with Crippen molar-refractivity contribution in [1.29, 1.82) is 0 Å². The molecular weight excluding hydrogens is 244 g/mol. The van der Waals surface area contributed by atoms with Crippen molar-refractivity contribution in [2.75, 3.05) is 6.54 Å². The predicted molar refractivity (Wildman–Crippen MR) is 86.3 cm³/mol. The minimum atomic E-state index is 0.522. The molecule has 1 aromatic carbocycles. The van der Waals surface area contributed by atoms with Crippen LogP contribution in [0.5, 0.6) is 0 Å². The summed E-state index contributed by atoms with van der Waals surface area (Å²) in [5.74, 6) is 1.30. The van der Waals surface area contributed by atoms with Gasteiger partial charge in [-0.25, -0.2) is 0 Å². The van der Waals surface area contributed by atoms with Gasteiger partial charge < -0.3 is 10.7 Å². The Bertz CT molecular complexity index is 618. The second kappa shape index (κ2) is 5.25. The lowest BCUT2D eigenvalue weighted by atomic mass is 9.83. The molecule has 0 radical (unpaired) electrons. The third kappa shape index (κ3) is 2.07. The molecular formula is C18H26N2. The van der Waals surface area contributed by atoms with E-state index >= 15 is 0 Å². The number of hydrogen-bond acceptors (Lipinski definition) is 1. The van der Waals surface area contributed by atoms with Crippen LogP contribution in [0.15, 0.2) is 12.1 Å². The number of rotatable bonds is 3. The summed E-state index contributed by atoms with van der Waals surface area (Å²) in [7, 11) is 0. The maximum Gasteiger partial charge on any atom is 0.0491 e. The van der Waals surface area contributed by atoms with Crippen LogP contribution < -0.4 is 5.73 Å². The number of hydrogen-bond donors (Lipinski definition) is 2. The van der Waals surface area contributed by atoms with E-state index in [0.29, 0.717) is 5.92 Å². The van der Waals surface area contributed by atoms with Crippen LogP contribution in [0.25, 0.3) is 10.9 Å². The van der Waals surface area contributed by atoms with E-state index in [1.54, 1.807) is 0 Å². The zero-order valence-electron chi connectivity index (χ0n) is 12.9. The third-order valence-electron chi connectivity index (χ3n) is 5.34. The van der Waals surface area contributed by atoms with Crippen molar-refractivity contribution in [3.8, 4) is 0 Å². The summed E-state index contributed by atoms with van der Waals surface area (Å²) < 4.78 is 0. The summed E-state index contributed by atoms with van der Waals surface area (Å²) in [6, 6.07) is 4.53. The molecule has 1 heterocycles. The fourth-order valence-corrected chi connectivity index (χ4v) is 4.04. The van der Waals surface area contributed by atoms with Gasteiger partial charge in [0.05, 0.1) is 0 Å². The Morgan fingerprint density at radius 1 is 1.20 bits per heavy atom. The average molecular weight is 270 g/mol. The van der Waals surface area contributed by atoms with Crippen molar-refractivity contribution in [1.82, 2.24) is 4.98 Å². The molecule has 1 fully saturated rings. The first kappa shape index (κ1) is 13.7. The van der Waals surface area contributed by atoms with Gasteiger partial charge in [0.15, 0.2) is 0 Å². The Hall–Kier alpha value is -1.28.